The largest absolute Gasteiger partial charge is 0.451 e. The average Bonchev–Trinajstić information content (AvgIpc) is 2.96. The molecule has 1 amide bonds. The van der Waals surface area contributed by atoms with E-state index in [9.17, 15) is 9.59 Å². The van der Waals surface area contributed by atoms with Crippen molar-refractivity contribution >= 4 is 23.6 Å². The van der Waals surface area contributed by atoms with Crippen molar-refractivity contribution < 1.29 is 14.3 Å². The van der Waals surface area contributed by atoms with Crippen molar-refractivity contribution in [1.29, 1.82) is 0 Å². The number of hydrogen-bond donors (Lipinski definition) is 1. The van der Waals surface area contributed by atoms with Crippen molar-refractivity contribution in [1.82, 2.24) is 25.5 Å². The van der Waals surface area contributed by atoms with E-state index < -0.39 is 11.9 Å². The standard InChI is InChI=1S/C14H15N5O3/c1-10-16-17-18-19(10)12(8-11-6-4-3-5-7-11)14(21)22-9-13(20)15-2/h3-8H,9H2,1-2H3,(H,15,20)/b12-8-. The SMILES string of the molecule is CNC(=O)COC(=O)/C(=C/c1ccccc1)n1nnnc1C. The average molecular weight is 301 g/mol. The molecule has 0 aliphatic carbocycles. The number of rotatable bonds is 5. The lowest BCUT2D eigenvalue weighted by Crippen LogP contribution is -2.26. The lowest BCUT2D eigenvalue weighted by Gasteiger charge is -2.08. The van der Waals surface area contributed by atoms with Gasteiger partial charge in [-0.2, -0.15) is 4.68 Å². The molecule has 8 nitrogen and oxygen atoms in total. The van der Waals surface area contributed by atoms with E-state index in [0.717, 1.165) is 5.56 Å². The van der Waals surface area contributed by atoms with Crippen LogP contribution < -0.4 is 5.32 Å². The third-order valence-corrected chi connectivity index (χ3v) is 2.78. The Morgan fingerprint density at radius 3 is 2.64 bits per heavy atom. The molecule has 0 radical (unpaired) electrons. The molecule has 8 heteroatoms. The molecule has 0 bridgehead atoms. The second-order valence-corrected chi connectivity index (χ2v) is 4.33. The molecule has 0 saturated carbocycles. The van der Waals surface area contributed by atoms with Gasteiger partial charge in [-0.15, -0.1) is 5.10 Å². The molecule has 114 valence electrons. The number of likely N-dealkylation sites (N-methyl/N-ethyl adjacent to an activating group) is 1. The lowest BCUT2D eigenvalue weighted by molar-refractivity contribution is -0.143. The highest BCUT2D eigenvalue weighted by Gasteiger charge is 2.18. The summed E-state index contributed by atoms with van der Waals surface area (Å²) >= 11 is 0. The van der Waals surface area contributed by atoms with Gasteiger partial charge in [-0.25, -0.2) is 4.79 Å². The predicted molar refractivity (Wildman–Crippen MR) is 78.2 cm³/mol. The molecule has 22 heavy (non-hydrogen) atoms. The van der Waals surface area contributed by atoms with Gasteiger partial charge in [0.25, 0.3) is 5.91 Å². The van der Waals surface area contributed by atoms with Gasteiger partial charge in [-0.1, -0.05) is 30.3 Å². The van der Waals surface area contributed by atoms with Crippen LogP contribution in [0.4, 0.5) is 0 Å². The number of esters is 1. The minimum atomic E-state index is -0.692. The Hall–Kier alpha value is -3.03. The molecule has 0 atom stereocenters. The summed E-state index contributed by atoms with van der Waals surface area (Å²) in [5, 5.41) is 13.4. The number of amides is 1. The summed E-state index contributed by atoms with van der Waals surface area (Å²) in [5.41, 5.74) is 0.905. The highest BCUT2D eigenvalue weighted by molar-refractivity contribution is 6.15. The molecular formula is C14H15N5O3. The predicted octanol–water partition coefficient (Wildman–Crippen LogP) is 0.269. The van der Waals surface area contributed by atoms with E-state index in [1.807, 2.05) is 30.3 Å². The first kappa shape index (κ1) is 15.4. The first-order chi connectivity index (χ1) is 10.6. The molecule has 1 heterocycles. The van der Waals surface area contributed by atoms with Crippen molar-refractivity contribution in [3.05, 3.63) is 41.7 Å². The van der Waals surface area contributed by atoms with Gasteiger partial charge in [0.2, 0.25) is 0 Å². The third kappa shape index (κ3) is 3.75. The van der Waals surface area contributed by atoms with Crippen LogP contribution in [0, 0.1) is 6.92 Å². The van der Waals surface area contributed by atoms with Gasteiger partial charge >= 0.3 is 5.97 Å². The van der Waals surface area contributed by atoms with E-state index in [1.54, 1.807) is 13.0 Å². The van der Waals surface area contributed by atoms with Gasteiger partial charge in [0.05, 0.1) is 0 Å². The maximum atomic E-state index is 12.2. The summed E-state index contributed by atoms with van der Waals surface area (Å²) in [6, 6.07) is 9.19. The van der Waals surface area contributed by atoms with E-state index in [0.29, 0.717) is 5.82 Å². The number of carbonyl (C=O) groups is 2. The Morgan fingerprint density at radius 1 is 1.32 bits per heavy atom. The van der Waals surface area contributed by atoms with Crippen LogP contribution in [0.3, 0.4) is 0 Å². The van der Waals surface area contributed by atoms with Crippen LogP contribution in [-0.2, 0) is 14.3 Å². The number of aryl methyl sites for hydroxylation is 1. The van der Waals surface area contributed by atoms with Crippen molar-refractivity contribution in [3.63, 3.8) is 0 Å². The molecule has 1 aromatic heterocycles. The Morgan fingerprint density at radius 2 is 2.05 bits per heavy atom. The Bertz CT molecular complexity index is 694. The van der Waals surface area contributed by atoms with Gasteiger partial charge in [-0.3, -0.25) is 4.79 Å². The maximum Gasteiger partial charge on any atom is 0.357 e. The Labute approximate surface area is 126 Å². The third-order valence-electron chi connectivity index (χ3n) is 2.78. The number of hydrogen-bond acceptors (Lipinski definition) is 6. The molecule has 1 aromatic carbocycles. The number of tetrazole rings is 1. The number of ether oxygens (including phenoxy) is 1. The molecule has 0 aliphatic rings. The van der Waals surface area contributed by atoms with E-state index >= 15 is 0 Å². The highest BCUT2D eigenvalue weighted by atomic mass is 16.5. The van der Waals surface area contributed by atoms with E-state index in [-0.39, 0.29) is 12.3 Å². The molecule has 1 N–H and O–H groups in total. The number of nitrogens with one attached hydrogen (secondary N) is 1. The van der Waals surface area contributed by atoms with Crippen LogP contribution in [0.5, 0.6) is 0 Å². The van der Waals surface area contributed by atoms with Gasteiger partial charge in [-0.05, 0) is 29.0 Å². The first-order valence-electron chi connectivity index (χ1n) is 6.51. The molecule has 2 rings (SSSR count). The molecule has 0 unspecified atom stereocenters. The Kier molecular flexibility index (Phi) is 4.97. The summed E-state index contributed by atoms with van der Waals surface area (Å²) in [6.07, 6.45) is 1.59. The summed E-state index contributed by atoms with van der Waals surface area (Å²) in [5.74, 6) is -0.664. The van der Waals surface area contributed by atoms with Crippen LogP contribution in [0.15, 0.2) is 30.3 Å². The second-order valence-electron chi connectivity index (χ2n) is 4.33. The highest BCUT2D eigenvalue weighted by Crippen LogP contribution is 2.13. The smallest absolute Gasteiger partial charge is 0.357 e. The van der Waals surface area contributed by atoms with Gasteiger partial charge in [0.1, 0.15) is 0 Å². The normalized spacial score (nSPS) is 11.1. The molecule has 0 saturated heterocycles. The second kappa shape index (κ2) is 7.11. The topological polar surface area (TPSA) is 99.0 Å². The van der Waals surface area contributed by atoms with Crippen LogP contribution in [0.25, 0.3) is 11.8 Å². The van der Waals surface area contributed by atoms with Gasteiger partial charge in [0, 0.05) is 7.05 Å². The zero-order valence-electron chi connectivity index (χ0n) is 12.2. The monoisotopic (exact) mass is 301 g/mol. The van der Waals surface area contributed by atoms with Crippen LogP contribution in [0.1, 0.15) is 11.4 Å². The van der Waals surface area contributed by atoms with E-state index in [4.69, 9.17) is 4.74 Å². The van der Waals surface area contributed by atoms with Crippen LogP contribution in [0.2, 0.25) is 0 Å². The van der Waals surface area contributed by atoms with Crippen LogP contribution in [-0.4, -0.2) is 45.7 Å². The van der Waals surface area contributed by atoms with Crippen molar-refractivity contribution in [2.45, 2.75) is 6.92 Å². The summed E-state index contributed by atoms with van der Waals surface area (Å²) in [7, 11) is 1.46. The minimum Gasteiger partial charge on any atom is -0.451 e. The van der Waals surface area contributed by atoms with Crippen molar-refractivity contribution in [2.24, 2.45) is 0 Å². The lowest BCUT2D eigenvalue weighted by atomic mass is 10.2. The van der Waals surface area contributed by atoms with E-state index in [1.165, 1.54) is 11.7 Å². The zero-order valence-corrected chi connectivity index (χ0v) is 12.2. The zero-order chi connectivity index (χ0) is 15.9. The Balaban J connectivity index is 2.30. The number of benzene rings is 1. The van der Waals surface area contributed by atoms with Gasteiger partial charge in [0.15, 0.2) is 18.1 Å². The molecular weight excluding hydrogens is 286 g/mol. The van der Waals surface area contributed by atoms with E-state index in [2.05, 4.69) is 20.8 Å². The molecule has 2 aromatic rings. The summed E-state index contributed by atoms with van der Waals surface area (Å²) in [4.78, 5) is 23.4. The fourth-order valence-electron chi connectivity index (χ4n) is 1.65. The quantitative estimate of drug-likeness (QED) is 0.628. The number of aromatic nitrogens is 4. The summed E-state index contributed by atoms with van der Waals surface area (Å²) < 4.78 is 6.24. The van der Waals surface area contributed by atoms with Crippen molar-refractivity contribution in [2.75, 3.05) is 13.7 Å². The summed E-state index contributed by atoms with van der Waals surface area (Å²) in [6.45, 7) is 1.29. The fourth-order valence-corrected chi connectivity index (χ4v) is 1.65. The van der Waals surface area contributed by atoms with Crippen LogP contribution >= 0.6 is 0 Å². The number of nitrogens with zero attached hydrogens (tertiary/aromatic N) is 4. The molecule has 0 fully saturated rings. The van der Waals surface area contributed by atoms with Gasteiger partial charge < -0.3 is 10.1 Å². The fraction of sp³-hybridized carbons (Fsp3) is 0.214. The molecule has 0 spiro atoms. The first-order valence-corrected chi connectivity index (χ1v) is 6.51. The van der Waals surface area contributed by atoms with Crippen molar-refractivity contribution in [3.8, 4) is 0 Å². The number of carbonyl (C=O) groups excluding carboxylic acids is 2. The molecule has 0 aliphatic heterocycles. The minimum absolute atomic E-state index is 0.123. The maximum absolute atomic E-state index is 12.2.